The Labute approximate surface area is 322 Å². The molecule has 0 aliphatic rings. The fraction of sp³-hybridized carbons (Fsp3) is 0.884. The molecule has 1 amide bonds. The zero-order chi connectivity index (χ0) is 38.6. The molecule has 0 aliphatic carbocycles. The summed E-state index contributed by atoms with van der Waals surface area (Å²) in [5, 5.41) is 13.6. The quantitative estimate of drug-likeness (QED) is 0.0250. The van der Waals surface area contributed by atoms with E-state index in [0.717, 1.165) is 44.9 Å². The molecule has 308 valence electrons. The van der Waals surface area contributed by atoms with Crippen molar-refractivity contribution in [1.82, 2.24) is 5.32 Å². The van der Waals surface area contributed by atoms with Crippen molar-refractivity contribution in [2.75, 3.05) is 40.9 Å². The van der Waals surface area contributed by atoms with Gasteiger partial charge in [-0.05, 0) is 32.1 Å². The molecule has 0 spiro atoms. The molecule has 3 N–H and O–H groups in total. The van der Waals surface area contributed by atoms with E-state index in [4.69, 9.17) is 9.05 Å². The Morgan fingerprint density at radius 1 is 0.635 bits per heavy atom. The van der Waals surface area contributed by atoms with E-state index < -0.39 is 20.0 Å². The highest BCUT2D eigenvalue weighted by atomic mass is 31.2. The molecule has 0 saturated carbocycles. The number of hydrogen-bond donors (Lipinski definition) is 3. The molecule has 0 bridgehead atoms. The molecule has 0 saturated heterocycles. The molecule has 0 aromatic carbocycles. The number of carbonyl (C=O) groups is 1. The topological polar surface area (TPSA) is 105 Å². The number of aliphatic hydroxyl groups excluding tert-OH is 1. The first-order valence-corrected chi connectivity index (χ1v) is 23.2. The standard InChI is InChI=1S/C43H85N2O6P/c1-6-8-10-12-13-14-15-16-17-18-19-20-21-22-23-24-25-26-27-28-29-30-31-32-33-34-36-42(46)41(44-43(47)37-35-11-9-7-2)40-51-52(48,49)50-39-38-45(3,4)5/h30-31,34,36,41-42,46H,6-29,32-33,35,37-40H2,1-5H3,(H-,44,47,48,49)/p+1/b31-30+,36-34+. The van der Waals surface area contributed by atoms with Crippen LogP contribution in [0.5, 0.6) is 0 Å². The predicted molar refractivity (Wildman–Crippen MR) is 221 cm³/mol. The van der Waals surface area contributed by atoms with Gasteiger partial charge in [0.15, 0.2) is 0 Å². The van der Waals surface area contributed by atoms with Crippen LogP contribution in [0.2, 0.25) is 0 Å². The van der Waals surface area contributed by atoms with Gasteiger partial charge in [0.05, 0.1) is 39.9 Å². The summed E-state index contributed by atoms with van der Waals surface area (Å²) in [5.74, 6) is -0.205. The van der Waals surface area contributed by atoms with Crippen molar-refractivity contribution in [3.63, 3.8) is 0 Å². The summed E-state index contributed by atoms with van der Waals surface area (Å²) >= 11 is 0. The number of allylic oxidation sites excluding steroid dienone is 3. The summed E-state index contributed by atoms with van der Waals surface area (Å²) in [7, 11) is 1.55. The zero-order valence-electron chi connectivity index (χ0n) is 34.8. The number of nitrogens with zero attached hydrogens (tertiary/aromatic N) is 1. The van der Waals surface area contributed by atoms with Gasteiger partial charge >= 0.3 is 7.82 Å². The number of aliphatic hydroxyl groups is 1. The molecule has 3 atom stereocenters. The summed E-state index contributed by atoms with van der Waals surface area (Å²) in [4.78, 5) is 22.7. The predicted octanol–water partition coefficient (Wildman–Crippen LogP) is 11.7. The molecule has 0 aromatic rings. The van der Waals surface area contributed by atoms with Gasteiger partial charge in [0.1, 0.15) is 13.2 Å². The van der Waals surface area contributed by atoms with E-state index in [2.05, 4.69) is 31.3 Å². The van der Waals surface area contributed by atoms with Crippen LogP contribution >= 0.6 is 7.82 Å². The first-order valence-electron chi connectivity index (χ1n) is 21.7. The van der Waals surface area contributed by atoms with E-state index in [9.17, 15) is 19.4 Å². The van der Waals surface area contributed by atoms with Crippen LogP contribution in [-0.2, 0) is 18.4 Å². The van der Waals surface area contributed by atoms with E-state index in [-0.39, 0.29) is 19.1 Å². The lowest BCUT2D eigenvalue weighted by molar-refractivity contribution is -0.870. The molecule has 0 aromatic heterocycles. The lowest BCUT2D eigenvalue weighted by Crippen LogP contribution is -2.45. The third-order valence-electron chi connectivity index (χ3n) is 9.67. The third kappa shape index (κ3) is 37.3. The number of unbranched alkanes of at least 4 members (excludes halogenated alkanes) is 24. The lowest BCUT2D eigenvalue weighted by Gasteiger charge is -2.25. The lowest BCUT2D eigenvalue weighted by atomic mass is 10.0. The maximum atomic E-state index is 12.5. The summed E-state index contributed by atoms with van der Waals surface area (Å²) < 4.78 is 23.3. The first kappa shape index (κ1) is 51.0. The number of nitrogens with one attached hydrogen (secondary N) is 1. The Bertz CT molecular complexity index is 907. The van der Waals surface area contributed by atoms with Crippen molar-refractivity contribution in [3.8, 4) is 0 Å². The van der Waals surface area contributed by atoms with Crippen LogP contribution in [0.1, 0.15) is 194 Å². The van der Waals surface area contributed by atoms with Crippen LogP contribution in [-0.4, -0.2) is 73.4 Å². The normalized spacial score (nSPS) is 14.7. The van der Waals surface area contributed by atoms with Crippen molar-refractivity contribution in [2.24, 2.45) is 0 Å². The molecule has 8 nitrogen and oxygen atoms in total. The van der Waals surface area contributed by atoms with Gasteiger partial charge in [-0.25, -0.2) is 4.57 Å². The highest BCUT2D eigenvalue weighted by Crippen LogP contribution is 2.43. The molecule has 0 rings (SSSR count). The fourth-order valence-electron chi connectivity index (χ4n) is 6.17. The number of hydrogen-bond acceptors (Lipinski definition) is 5. The maximum Gasteiger partial charge on any atom is 0.472 e. The Hall–Kier alpha value is -1.02. The molecule has 0 aliphatic heterocycles. The second-order valence-electron chi connectivity index (χ2n) is 16.1. The molecular formula is C43H86N2O6P+. The van der Waals surface area contributed by atoms with Crippen LogP contribution in [0.4, 0.5) is 0 Å². The summed E-state index contributed by atoms with van der Waals surface area (Å²) in [5.41, 5.74) is 0. The molecule has 0 radical (unpaired) electrons. The van der Waals surface area contributed by atoms with Gasteiger partial charge in [0.2, 0.25) is 5.91 Å². The highest BCUT2D eigenvalue weighted by Gasteiger charge is 2.27. The van der Waals surface area contributed by atoms with Crippen molar-refractivity contribution in [1.29, 1.82) is 0 Å². The van der Waals surface area contributed by atoms with Crippen LogP contribution in [0.15, 0.2) is 24.3 Å². The highest BCUT2D eigenvalue weighted by molar-refractivity contribution is 7.47. The molecule has 9 heteroatoms. The van der Waals surface area contributed by atoms with Gasteiger partial charge in [-0.1, -0.05) is 179 Å². The van der Waals surface area contributed by atoms with Crippen molar-refractivity contribution >= 4 is 13.7 Å². The largest absolute Gasteiger partial charge is 0.472 e. The van der Waals surface area contributed by atoms with Crippen LogP contribution < -0.4 is 5.32 Å². The molecule has 52 heavy (non-hydrogen) atoms. The Balaban J connectivity index is 4.06. The van der Waals surface area contributed by atoms with Crippen molar-refractivity contribution in [2.45, 2.75) is 206 Å². The van der Waals surface area contributed by atoms with Gasteiger partial charge in [-0.3, -0.25) is 13.8 Å². The third-order valence-corrected chi connectivity index (χ3v) is 10.7. The SMILES string of the molecule is CCCCCCCCCCCCCCCCCCCCCC/C=C/CC/C=C/C(O)C(COP(=O)(O)OCC[N+](C)(C)C)NC(=O)CCCCCC. The minimum absolute atomic E-state index is 0.0568. The minimum Gasteiger partial charge on any atom is -0.387 e. The molecule has 3 unspecified atom stereocenters. The number of rotatable bonds is 39. The molecule has 0 heterocycles. The Kier molecular flexibility index (Phi) is 35.0. The van der Waals surface area contributed by atoms with E-state index in [0.29, 0.717) is 17.4 Å². The van der Waals surface area contributed by atoms with Crippen molar-refractivity contribution < 1.29 is 32.9 Å². The number of phosphoric acid groups is 1. The number of likely N-dealkylation sites (N-methyl/N-ethyl adjacent to an activating group) is 1. The summed E-state index contributed by atoms with van der Waals surface area (Å²) in [6.07, 6.45) is 41.9. The van der Waals surface area contributed by atoms with Crippen LogP contribution in [0.25, 0.3) is 0 Å². The Morgan fingerprint density at radius 2 is 1.06 bits per heavy atom. The zero-order valence-corrected chi connectivity index (χ0v) is 35.7. The fourth-order valence-corrected chi connectivity index (χ4v) is 6.91. The molecular weight excluding hydrogens is 671 g/mol. The second kappa shape index (κ2) is 35.7. The van der Waals surface area contributed by atoms with Gasteiger partial charge in [0.25, 0.3) is 0 Å². The van der Waals surface area contributed by atoms with Gasteiger partial charge in [-0.2, -0.15) is 0 Å². The van der Waals surface area contributed by atoms with Gasteiger partial charge in [-0.15, -0.1) is 0 Å². The van der Waals surface area contributed by atoms with Crippen molar-refractivity contribution in [3.05, 3.63) is 24.3 Å². The number of carbonyl (C=O) groups excluding carboxylic acids is 1. The number of phosphoric ester groups is 1. The summed E-state index contributed by atoms with van der Waals surface area (Å²) in [6, 6.07) is -0.854. The number of amides is 1. The average Bonchev–Trinajstić information content (AvgIpc) is 3.09. The number of quaternary nitrogens is 1. The van der Waals surface area contributed by atoms with Crippen LogP contribution in [0, 0.1) is 0 Å². The maximum absolute atomic E-state index is 12.5. The minimum atomic E-state index is -4.32. The average molecular weight is 758 g/mol. The second-order valence-corrected chi connectivity index (χ2v) is 17.5. The molecule has 0 fully saturated rings. The van der Waals surface area contributed by atoms with Gasteiger partial charge in [0, 0.05) is 6.42 Å². The summed E-state index contributed by atoms with van der Waals surface area (Å²) in [6.45, 7) is 4.66. The Morgan fingerprint density at radius 3 is 1.54 bits per heavy atom. The van der Waals surface area contributed by atoms with E-state index >= 15 is 0 Å². The first-order chi connectivity index (χ1) is 25.0. The monoisotopic (exact) mass is 758 g/mol. The van der Waals surface area contributed by atoms with Crippen LogP contribution in [0.3, 0.4) is 0 Å². The van der Waals surface area contributed by atoms with Gasteiger partial charge < -0.3 is 19.8 Å². The smallest absolute Gasteiger partial charge is 0.387 e. The van der Waals surface area contributed by atoms with E-state index in [1.807, 2.05) is 27.2 Å². The van der Waals surface area contributed by atoms with E-state index in [1.54, 1.807) is 6.08 Å². The van der Waals surface area contributed by atoms with E-state index in [1.165, 1.54) is 128 Å².